The molecule has 0 saturated heterocycles. The van der Waals surface area contributed by atoms with Gasteiger partial charge in [-0.3, -0.25) is 0 Å². The number of anilines is 1. The van der Waals surface area contributed by atoms with E-state index >= 15 is 0 Å². The fourth-order valence-corrected chi connectivity index (χ4v) is 2.96. The first-order valence-electron chi connectivity index (χ1n) is 4.95. The van der Waals surface area contributed by atoms with E-state index in [1.807, 2.05) is 24.3 Å². The highest BCUT2D eigenvalue weighted by atomic mass is 79.9. The van der Waals surface area contributed by atoms with E-state index in [9.17, 15) is 0 Å². The lowest BCUT2D eigenvalue weighted by Crippen LogP contribution is -1.88. The summed E-state index contributed by atoms with van der Waals surface area (Å²) in [6.07, 6.45) is 0. The summed E-state index contributed by atoms with van der Waals surface area (Å²) in [6, 6.07) is 14.3. The lowest BCUT2D eigenvalue weighted by Gasteiger charge is -2.06. The number of nitrogens with two attached hydrogens (primary N) is 1. The van der Waals surface area contributed by atoms with Gasteiger partial charge in [0.05, 0.1) is 0 Å². The van der Waals surface area contributed by atoms with Gasteiger partial charge in [0.15, 0.2) is 0 Å². The van der Waals surface area contributed by atoms with Gasteiger partial charge in [-0.05, 0) is 42.8 Å². The summed E-state index contributed by atoms with van der Waals surface area (Å²) in [4.78, 5) is 2.30. The molecule has 16 heavy (non-hydrogen) atoms. The molecular formula is C13H12BrNS. The molecule has 1 nitrogen and oxygen atoms in total. The molecule has 0 amide bonds. The van der Waals surface area contributed by atoms with E-state index in [0.717, 1.165) is 15.1 Å². The number of nitrogen functional groups attached to an aromatic ring is 1. The average Bonchev–Trinajstić information content (AvgIpc) is 2.24. The Morgan fingerprint density at radius 1 is 1.12 bits per heavy atom. The monoisotopic (exact) mass is 293 g/mol. The zero-order chi connectivity index (χ0) is 11.5. The van der Waals surface area contributed by atoms with E-state index in [4.69, 9.17) is 5.73 Å². The van der Waals surface area contributed by atoms with E-state index in [0.29, 0.717) is 0 Å². The smallest absolute Gasteiger partial charge is 0.0456 e. The molecule has 3 heteroatoms. The molecule has 2 aromatic rings. The number of benzene rings is 2. The Labute approximate surface area is 108 Å². The number of hydrogen-bond donors (Lipinski definition) is 1. The van der Waals surface area contributed by atoms with Crippen LogP contribution in [0, 0.1) is 6.92 Å². The van der Waals surface area contributed by atoms with Gasteiger partial charge in [0, 0.05) is 20.0 Å². The summed E-state index contributed by atoms with van der Waals surface area (Å²) in [6.45, 7) is 2.07. The predicted octanol–water partition coefficient (Wildman–Crippen LogP) is 4.49. The molecule has 0 aliphatic carbocycles. The van der Waals surface area contributed by atoms with Gasteiger partial charge in [-0.1, -0.05) is 39.8 Å². The van der Waals surface area contributed by atoms with Crippen LogP contribution in [-0.4, -0.2) is 0 Å². The van der Waals surface area contributed by atoms with Crippen LogP contribution in [0.3, 0.4) is 0 Å². The molecule has 0 bridgehead atoms. The number of rotatable bonds is 2. The Bertz CT molecular complexity index is 511. The second-order valence-corrected chi connectivity index (χ2v) is 5.63. The van der Waals surface area contributed by atoms with Gasteiger partial charge in [-0.15, -0.1) is 0 Å². The van der Waals surface area contributed by atoms with Crippen LogP contribution in [0.2, 0.25) is 0 Å². The Balaban J connectivity index is 2.30. The largest absolute Gasteiger partial charge is 0.398 e. The average molecular weight is 294 g/mol. The first-order chi connectivity index (χ1) is 7.65. The first-order valence-corrected chi connectivity index (χ1v) is 6.55. The summed E-state index contributed by atoms with van der Waals surface area (Å²) >= 11 is 5.15. The van der Waals surface area contributed by atoms with Gasteiger partial charge < -0.3 is 5.73 Å². The third-order valence-corrected chi connectivity index (χ3v) is 3.75. The van der Waals surface area contributed by atoms with E-state index < -0.39 is 0 Å². The Morgan fingerprint density at radius 3 is 2.69 bits per heavy atom. The highest BCUT2D eigenvalue weighted by Gasteiger charge is 2.02. The van der Waals surface area contributed by atoms with Crippen molar-refractivity contribution in [2.24, 2.45) is 0 Å². The highest BCUT2D eigenvalue weighted by molar-refractivity contribution is 9.10. The van der Waals surface area contributed by atoms with Crippen LogP contribution in [0.25, 0.3) is 0 Å². The van der Waals surface area contributed by atoms with E-state index in [2.05, 4.69) is 41.1 Å². The Morgan fingerprint density at radius 2 is 1.94 bits per heavy atom. The molecule has 2 N–H and O–H groups in total. The standard InChI is InChI=1S/C13H12BrNS/c1-9-5-6-12(15)13(7-9)16-11-4-2-3-10(14)8-11/h2-8H,15H2,1H3. The maximum Gasteiger partial charge on any atom is 0.0456 e. The summed E-state index contributed by atoms with van der Waals surface area (Å²) < 4.78 is 1.09. The molecule has 0 aliphatic rings. The van der Waals surface area contributed by atoms with Gasteiger partial charge in [0.25, 0.3) is 0 Å². The Hall–Kier alpha value is -0.930. The fourth-order valence-electron chi connectivity index (χ4n) is 1.39. The van der Waals surface area contributed by atoms with Crippen molar-refractivity contribution in [2.45, 2.75) is 16.7 Å². The second-order valence-electron chi connectivity index (χ2n) is 3.60. The second kappa shape index (κ2) is 4.93. The molecular weight excluding hydrogens is 282 g/mol. The lowest BCUT2D eigenvalue weighted by atomic mass is 10.2. The minimum absolute atomic E-state index is 0.829. The molecule has 0 fully saturated rings. The van der Waals surface area contributed by atoms with Gasteiger partial charge in [0.1, 0.15) is 0 Å². The summed E-state index contributed by atoms with van der Waals surface area (Å²) in [5, 5.41) is 0. The molecule has 0 atom stereocenters. The van der Waals surface area contributed by atoms with Crippen molar-refractivity contribution >= 4 is 33.4 Å². The maximum atomic E-state index is 5.94. The van der Waals surface area contributed by atoms with Crippen molar-refractivity contribution in [1.82, 2.24) is 0 Å². The van der Waals surface area contributed by atoms with Crippen LogP contribution >= 0.6 is 27.7 Å². The summed E-state index contributed by atoms with van der Waals surface area (Å²) in [7, 11) is 0. The van der Waals surface area contributed by atoms with E-state index in [1.54, 1.807) is 11.8 Å². The van der Waals surface area contributed by atoms with Crippen molar-refractivity contribution in [3.63, 3.8) is 0 Å². The minimum atomic E-state index is 0.829. The molecule has 2 aromatic carbocycles. The maximum absolute atomic E-state index is 5.94. The van der Waals surface area contributed by atoms with Crippen molar-refractivity contribution in [1.29, 1.82) is 0 Å². The first kappa shape index (κ1) is 11.6. The highest BCUT2D eigenvalue weighted by Crippen LogP contribution is 2.33. The lowest BCUT2D eigenvalue weighted by molar-refractivity contribution is 1.35. The summed E-state index contributed by atoms with van der Waals surface area (Å²) in [5.74, 6) is 0. The zero-order valence-electron chi connectivity index (χ0n) is 8.91. The fraction of sp³-hybridized carbons (Fsp3) is 0.0769. The molecule has 0 aliphatic heterocycles. The van der Waals surface area contributed by atoms with Crippen LogP contribution in [0.1, 0.15) is 5.56 Å². The molecule has 0 radical (unpaired) electrons. The van der Waals surface area contributed by atoms with E-state index in [-0.39, 0.29) is 0 Å². The SMILES string of the molecule is Cc1ccc(N)c(Sc2cccc(Br)c2)c1. The Kier molecular flexibility index (Phi) is 3.56. The number of hydrogen-bond acceptors (Lipinski definition) is 2. The van der Waals surface area contributed by atoms with Crippen molar-refractivity contribution in [2.75, 3.05) is 5.73 Å². The third-order valence-electron chi connectivity index (χ3n) is 2.19. The molecule has 0 unspecified atom stereocenters. The van der Waals surface area contributed by atoms with Crippen LogP contribution in [0.4, 0.5) is 5.69 Å². The molecule has 0 saturated carbocycles. The number of aryl methyl sites for hydroxylation is 1. The van der Waals surface area contributed by atoms with Crippen LogP contribution < -0.4 is 5.73 Å². The van der Waals surface area contributed by atoms with Gasteiger partial charge in [0.2, 0.25) is 0 Å². The van der Waals surface area contributed by atoms with Crippen LogP contribution in [0.15, 0.2) is 56.7 Å². The van der Waals surface area contributed by atoms with Crippen molar-refractivity contribution < 1.29 is 0 Å². The van der Waals surface area contributed by atoms with E-state index in [1.165, 1.54) is 10.5 Å². The minimum Gasteiger partial charge on any atom is -0.398 e. The predicted molar refractivity (Wildman–Crippen MR) is 73.9 cm³/mol. The van der Waals surface area contributed by atoms with Gasteiger partial charge >= 0.3 is 0 Å². The van der Waals surface area contributed by atoms with Crippen molar-refractivity contribution in [3.05, 3.63) is 52.5 Å². The molecule has 0 heterocycles. The molecule has 0 spiro atoms. The topological polar surface area (TPSA) is 26.0 Å². The van der Waals surface area contributed by atoms with Gasteiger partial charge in [-0.25, -0.2) is 0 Å². The van der Waals surface area contributed by atoms with Crippen molar-refractivity contribution in [3.8, 4) is 0 Å². The van der Waals surface area contributed by atoms with Gasteiger partial charge in [-0.2, -0.15) is 0 Å². The summed E-state index contributed by atoms with van der Waals surface area (Å²) in [5.41, 5.74) is 8.00. The number of halogens is 1. The normalized spacial score (nSPS) is 10.4. The molecule has 82 valence electrons. The quantitative estimate of drug-likeness (QED) is 0.826. The molecule has 2 rings (SSSR count). The zero-order valence-corrected chi connectivity index (χ0v) is 11.3. The molecule has 0 aromatic heterocycles. The third kappa shape index (κ3) is 2.80. The van der Waals surface area contributed by atoms with Crippen LogP contribution in [-0.2, 0) is 0 Å². The van der Waals surface area contributed by atoms with Crippen LogP contribution in [0.5, 0.6) is 0 Å².